The Hall–Kier alpha value is -1.68. The summed E-state index contributed by atoms with van der Waals surface area (Å²) in [5, 5.41) is 2.79. The Balaban J connectivity index is 1.72. The first kappa shape index (κ1) is 13.7. The first-order valence-corrected chi connectivity index (χ1v) is 6.63. The number of Topliss-reactive ketones (excluding diaryl/α,β-unsaturated/α-hetero) is 1. The number of hydrogen-bond donors (Lipinski definition) is 1. The molecule has 0 unspecified atom stereocenters. The molecule has 1 aromatic rings. The van der Waals surface area contributed by atoms with Crippen molar-refractivity contribution in [2.24, 2.45) is 0 Å². The number of nitrogens with one attached hydrogen (secondary N) is 1. The predicted octanol–water partition coefficient (Wildman–Crippen LogP) is 2.46. The van der Waals surface area contributed by atoms with Crippen molar-refractivity contribution >= 4 is 17.4 Å². The molecule has 4 heteroatoms. The molecule has 19 heavy (non-hydrogen) atoms. The van der Waals surface area contributed by atoms with E-state index in [1.54, 1.807) is 0 Å². The Bertz CT molecular complexity index is 443. The smallest absolute Gasteiger partial charge is 0.250 e. The number of hydrogen-bond acceptors (Lipinski definition) is 3. The topological polar surface area (TPSA) is 55.4 Å². The van der Waals surface area contributed by atoms with Crippen LogP contribution in [0.3, 0.4) is 0 Å². The van der Waals surface area contributed by atoms with E-state index in [1.807, 2.05) is 31.2 Å². The highest BCUT2D eigenvalue weighted by Gasteiger charge is 2.19. The molecule has 1 aromatic carbocycles. The molecular formula is C15H19NO3. The average molecular weight is 261 g/mol. The lowest BCUT2D eigenvalue weighted by molar-refractivity contribution is -0.126. The van der Waals surface area contributed by atoms with E-state index in [0.29, 0.717) is 18.6 Å². The lowest BCUT2D eigenvalue weighted by Gasteiger charge is -2.21. The number of ether oxygens (including phenoxy) is 1. The van der Waals surface area contributed by atoms with E-state index in [-0.39, 0.29) is 18.6 Å². The molecule has 1 saturated carbocycles. The Morgan fingerprint density at radius 3 is 2.53 bits per heavy atom. The van der Waals surface area contributed by atoms with Gasteiger partial charge in [-0.1, -0.05) is 17.7 Å². The molecule has 2 rings (SSSR count). The maximum atomic E-state index is 11.7. The lowest BCUT2D eigenvalue weighted by atomic mass is 9.96. The van der Waals surface area contributed by atoms with E-state index in [2.05, 4.69) is 5.32 Å². The molecule has 0 aliphatic heterocycles. The summed E-state index contributed by atoms with van der Waals surface area (Å²) in [5.74, 6) is 0.143. The van der Waals surface area contributed by atoms with Crippen molar-refractivity contribution < 1.29 is 14.3 Å². The van der Waals surface area contributed by atoms with Gasteiger partial charge in [0, 0.05) is 18.5 Å². The number of ketones is 1. The van der Waals surface area contributed by atoms with Crippen LogP contribution in [0, 0.1) is 6.92 Å². The molecule has 1 fully saturated rings. The molecule has 0 bridgehead atoms. The predicted molar refractivity (Wildman–Crippen MR) is 73.0 cm³/mol. The van der Waals surface area contributed by atoms with Crippen molar-refractivity contribution in [1.29, 1.82) is 0 Å². The van der Waals surface area contributed by atoms with Gasteiger partial charge in [-0.15, -0.1) is 0 Å². The summed E-state index contributed by atoms with van der Waals surface area (Å²) in [5.41, 5.74) is 1.93. The summed E-state index contributed by atoms with van der Waals surface area (Å²) >= 11 is 0. The van der Waals surface area contributed by atoms with Gasteiger partial charge in [0.1, 0.15) is 12.4 Å². The molecule has 102 valence electrons. The Labute approximate surface area is 113 Å². The normalized spacial score (nSPS) is 16.4. The minimum absolute atomic E-state index is 0.0430. The van der Waals surface area contributed by atoms with Crippen molar-refractivity contribution in [2.75, 3.05) is 11.9 Å². The number of benzene rings is 1. The van der Waals surface area contributed by atoms with Gasteiger partial charge in [-0.25, -0.2) is 0 Å². The first-order chi connectivity index (χ1) is 9.13. The van der Waals surface area contributed by atoms with Crippen molar-refractivity contribution in [3.05, 3.63) is 29.8 Å². The first-order valence-electron chi connectivity index (χ1n) is 6.63. The third-order valence-corrected chi connectivity index (χ3v) is 3.28. The number of carbonyl (C=O) groups is 2. The van der Waals surface area contributed by atoms with E-state index in [0.717, 1.165) is 24.1 Å². The standard InChI is InChI=1S/C15H19NO3/c1-11-2-4-12(5-3-11)16-15(18)10-19-14-8-6-13(17)7-9-14/h2-5,14H,6-10H2,1H3,(H,16,18). The number of rotatable bonds is 4. The molecule has 4 nitrogen and oxygen atoms in total. The second kappa shape index (κ2) is 6.48. The summed E-state index contributed by atoms with van der Waals surface area (Å²) in [7, 11) is 0. The third kappa shape index (κ3) is 4.48. The van der Waals surface area contributed by atoms with Crippen LogP contribution in [-0.4, -0.2) is 24.4 Å². The summed E-state index contributed by atoms with van der Waals surface area (Å²) in [4.78, 5) is 22.8. The zero-order valence-corrected chi connectivity index (χ0v) is 11.1. The van der Waals surface area contributed by atoms with Crippen LogP contribution >= 0.6 is 0 Å². The molecule has 0 aromatic heterocycles. The fourth-order valence-electron chi connectivity index (χ4n) is 2.11. The van der Waals surface area contributed by atoms with Crippen LogP contribution < -0.4 is 5.32 Å². The van der Waals surface area contributed by atoms with Gasteiger partial charge in [-0.05, 0) is 31.9 Å². The lowest BCUT2D eigenvalue weighted by Crippen LogP contribution is -2.26. The van der Waals surface area contributed by atoms with Gasteiger partial charge >= 0.3 is 0 Å². The van der Waals surface area contributed by atoms with Crippen LogP contribution in [0.25, 0.3) is 0 Å². The Kier molecular flexibility index (Phi) is 4.68. The Morgan fingerprint density at radius 1 is 1.26 bits per heavy atom. The molecule has 0 saturated heterocycles. The van der Waals surface area contributed by atoms with E-state index >= 15 is 0 Å². The van der Waals surface area contributed by atoms with E-state index in [4.69, 9.17) is 4.74 Å². The number of amides is 1. The van der Waals surface area contributed by atoms with Gasteiger partial charge in [0.25, 0.3) is 0 Å². The van der Waals surface area contributed by atoms with Gasteiger partial charge in [0.05, 0.1) is 6.10 Å². The van der Waals surface area contributed by atoms with Gasteiger partial charge in [-0.3, -0.25) is 9.59 Å². The zero-order chi connectivity index (χ0) is 13.7. The largest absolute Gasteiger partial charge is 0.368 e. The molecule has 1 aliphatic carbocycles. The highest BCUT2D eigenvalue weighted by atomic mass is 16.5. The highest BCUT2D eigenvalue weighted by Crippen LogP contribution is 2.17. The molecule has 0 radical (unpaired) electrons. The summed E-state index contributed by atoms with van der Waals surface area (Å²) in [6.07, 6.45) is 2.66. The van der Waals surface area contributed by atoms with Crippen molar-refractivity contribution in [3.63, 3.8) is 0 Å². The monoisotopic (exact) mass is 261 g/mol. The molecule has 0 spiro atoms. The van der Waals surface area contributed by atoms with Crippen LogP contribution in [0.2, 0.25) is 0 Å². The van der Waals surface area contributed by atoms with Crippen molar-refractivity contribution in [1.82, 2.24) is 0 Å². The van der Waals surface area contributed by atoms with E-state index in [1.165, 1.54) is 0 Å². The SMILES string of the molecule is Cc1ccc(NC(=O)COC2CCC(=O)CC2)cc1. The fourth-order valence-corrected chi connectivity index (χ4v) is 2.11. The minimum Gasteiger partial charge on any atom is -0.368 e. The van der Waals surface area contributed by atoms with Crippen LogP contribution in [0.1, 0.15) is 31.2 Å². The van der Waals surface area contributed by atoms with Crippen molar-refractivity contribution in [2.45, 2.75) is 38.7 Å². The van der Waals surface area contributed by atoms with Gasteiger partial charge < -0.3 is 10.1 Å². The molecule has 0 heterocycles. The molecule has 1 amide bonds. The van der Waals surface area contributed by atoms with E-state index < -0.39 is 0 Å². The second-order valence-corrected chi connectivity index (χ2v) is 4.96. The minimum atomic E-state index is -0.152. The third-order valence-electron chi connectivity index (χ3n) is 3.28. The van der Waals surface area contributed by atoms with Gasteiger partial charge in [0.2, 0.25) is 5.91 Å². The van der Waals surface area contributed by atoms with E-state index in [9.17, 15) is 9.59 Å². The van der Waals surface area contributed by atoms with Crippen LogP contribution in [0.4, 0.5) is 5.69 Å². The zero-order valence-electron chi connectivity index (χ0n) is 11.1. The number of aryl methyl sites for hydroxylation is 1. The summed E-state index contributed by atoms with van der Waals surface area (Å²) in [6.45, 7) is 2.05. The maximum Gasteiger partial charge on any atom is 0.250 e. The molecular weight excluding hydrogens is 242 g/mol. The Morgan fingerprint density at radius 2 is 1.89 bits per heavy atom. The highest BCUT2D eigenvalue weighted by molar-refractivity contribution is 5.91. The van der Waals surface area contributed by atoms with Crippen LogP contribution in [0.5, 0.6) is 0 Å². The van der Waals surface area contributed by atoms with Gasteiger partial charge in [0.15, 0.2) is 0 Å². The average Bonchev–Trinajstić information content (AvgIpc) is 2.41. The summed E-state index contributed by atoms with van der Waals surface area (Å²) in [6, 6.07) is 7.63. The van der Waals surface area contributed by atoms with Crippen molar-refractivity contribution in [3.8, 4) is 0 Å². The van der Waals surface area contributed by atoms with Gasteiger partial charge in [-0.2, -0.15) is 0 Å². The molecule has 1 aliphatic rings. The fraction of sp³-hybridized carbons (Fsp3) is 0.467. The maximum absolute atomic E-state index is 11.7. The molecule has 0 atom stereocenters. The van der Waals surface area contributed by atoms with Crippen LogP contribution in [0.15, 0.2) is 24.3 Å². The number of carbonyl (C=O) groups excluding carboxylic acids is 2. The van der Waals surface area contributed by atoms with Crippen LogP contribution in [-0.2, 0) is 14.3 Å². The second-order valence-electron chi connectivity index (χ2n) is 4.96. The summed E-state index contributed by atoms with van der Waals surface area (Å²) < 4.78 is 5.52. The quantitative estimate of drug-likeness (QED) is 0.905. The number of anilines is 1. The molecule has 1 N–H and O–H groups in total.